The van der Waals surface area contributed by atoms with Crippen LogP contribution in [0, 0.1) is 0 Å². The van der Waals surface area contributed by atoms with Crippen LogP contribution in [-0.2, 0) is 10.0 Å². The smallest absolute Gasteiger partial charge is 0.406 e. The molecule has 1 heterocycles. The summed E-state index contributed by atoms with van der Waals surface area (Å²) in [6.07, 6.45) is -2.26. The molecule has 0 fully saturated rings. The first kappa shape index (κ1) is 14.2. The van der Waals surface area contributed by atoms with Crippen LogP contribution in [0.1, 0.15) is 0 Å². The lowest BCUT2D eigenvalue weighted by Gasteiger charge is -2.10. The van der Waals surface area contributed by atoms with Crippen molar-refractivity contribution in [1.82, 2.24) is 10.2 Å². The van der Waals surface area contributed by atoms with Crippen LogP contribution in [0.15, 0.2) is 41.6 Å². The maximum absolute atomic E-state index is 12.0. The predicted molar refractivity (Wildman–Crippen MR) is 62.5 cm³/mol. The molecular formula is C10H8F3N3O3S. The second-order valence-corrected chi connectivity index (χ2v) is 5.29. The van der Waals surface area contributed by atoms with Crippen LogP contribution in [0.4, 0.5) is 18.9 Å². The highest BCUT2D eigenvalue weighted by atomic mass is 32.2. The molecule has 20 heavy (non-hydrogen) atoms. The fraction of sp³-hybridized carbons (Fsp3) is 0.100. The van der Waals surface area contributed by atoms with Crippen molar-refractivity contribution in [3.63, 3.8) is 0 Å². The summed E-state index contributed by atoms with van der Waals surface area (Å²) in [5.41, 5.74) is 0.209. The molecule has 0 amide bonds. The lowest BCUT2D eigenvalue weighted by molar-refractivity contribution is -0.274. The summed E-state index contributed by atoms with van der Waals surface area (Å²) >= 11 is 0. The van der Waals surface area contributed by atoms with E-state index in [4.69, 9.17) is 0 Å². The average Bonchev–Trinajstić information content (AvgIpc) is 2.79. The lowest BCUT2D eigenvalue weighted by Crippen LogP contribution is -2.17. The Hall–Kier alpha value is -2.23. The summed E-state index contributed by atoms with van der Waals surface area (Å²) in [6, 6.07) is 3.84. The number of rotatable bonds is 4. The van der Waals surface area contributed by atoms with Gasteiger partial charge in [0.15, 0.2) is 0 Å². The molecule has 0 aliphatic heterocycles. The van der Waals surface area contributed by atoms with E-state index in [2.05, 4.69) is 19.7 Å². The van der Waals surface area contributed by atoms with Crippen LogP contribution in [-0.4, -0.2) is 25.0 Å². The van der Waals surface area contributed by atoms with E-state index in [1.165, 1.54) is 12.4 Å². The SMILES string of the molecule is O=S(=O)(Nc1cn[nH]c1)c1ccc(OC(F)(F)F)cc1. The van der Waals surface area contributed by atoms with Crippen LogP contribution in [0.3, 0.4) is 0 Å². The van der Waals surface area contributed by atoms with Crippen molar-refractivity contribution in [2.45, 2.75) is 11.3 Å². The van der Waals surface area contributed by atoms with Gasteiger partial charge in [-0.2, -0.15) is 5.10 Å². The standard InChI is InChI=1S/C10H8F3N3O3S/c11-10(12,13)19-8-1-3-9(4-2-8)20(17,18)16-7-5-14-15-6-7/h1-6,16H,(H,14,15). The highest BCUT2D eigenvalue weighted by Crippen LogP contribution is 2.24. The predicted octanol–water partition coefficient (Wildman–Crippen LogP) is 2.11. The third-order valence-electron chi connectivity index (χ3n) is 2.12. The molecule has 0 aliphatic rings. The molecule has 108 valence electrons. The first-order valence-corrected chi connectivity index (χ1v) is 6.62. The summed E-state index contributed by atoms with van der Waals surface area (Å²) in [4.78, 5) is -0.201. The van der Waals surface area contributed by atoms with Gasteiger partial charge in [-0.25, -0.2) is 8.42 Å². The van der Waals surface area contributed by atoms with E-state index in [0.29, 0.717) is 0 Å². The highest BCUT2D eigenvalue weighted by molar-refractivity contribution is 7.92. The maximum Gasteiger partial charge on any atom is 0.573 e. The number of ether oxygens (including phenoxy) is 1. The minimum absolute atomic E-state index is 0.201. The normalized spacial score (nSPS) is 12.2. The van der Waals surface area contributed by atoms with Gasteiger partial charge >= 0.3 is 6.36 Å². The fourth-order valence-corrected chi connectivity index (χ4v) is 2.38. The number of sulfonamides is 1. The van der Waals surface area contributed by atoms with Gasteiger partial charge in [0.05, 0.1) is 16.8 Å². The molecule has 1 aromatic heterocycles. The lowest BCUT2D eigenvalue weighted by atomic mass is 10.3. The molecule has 0 saturated heterocycles. The number of benzene rings is 1. The van der Waals surface area contributed by atoms with E-state index < -0.39 is 22.1 Å². The van der Waals surface area contributed by atoms with E-state index in [1.807, 2.05) is 0 Å². The molecule has 2 aromatic rings. The van der Waals surface area contributed by atoms with Crippen LogP contribution in [0.5, 0.6) is 5.75 Å². The Morgan fingerprint density at radius 2 is 1.85 bits per heavy atom. The van der Waals surface area contributed by atoms with Crippen LogP contribution < -0.4 is 9.46 Å². The number of hydrogen-bond donors (Lipinski definition) is 2. The van der Waals surface area contributed by atoms with Gasteiger partial charge in [-0.15, -0.1) is 13.2 Å². The van der Waals surface area contributed by atoms with Crippen molar-refractivity contribution >= 4 is 15.7 Å². The molecule has 0 spiro atoms. The molecule has 0 saturated carbocycles. The largest absolute Gasteiger partial charge is 0.573 e. The number of alkyl halides is 3. The Labute approximate surface area is 111 Å². The molecule has 0 radical (unpaired) electrons. The zero-order valence-electron chi connectivity index (χ0n) is 9.68. The Bertz CT molecular complexity index is 666. The number of aromatic amines is 1. The van der Waals surface area contributed by atoms with Crippen molar-refractivity contribution in [3.05, 3.63) is 36.7 Å². The molecule has 2 N–H and O–H groups in total. The third kappa shape index (κ3) is 3.63. The van der Waals surface area contributed by atoms with Crippen molar-refractivity contribution in [3.8, 4) is 5.75 Å². The average molecular weight is 307 g/mol. The summed E-state index contributed by atoms with van der Waals surface area (Å²) in [7, 11) is -3.89. The number of nitrogens with one attached hydrogen (secondary N) is 2. The van der Waals surface area contributed by atoms with Crippen molar-refractivity contribution in [1.29, 1.82) is 0 Å². The summed E-state index contributed by atoms with van der Waals surface area (Å²) in [6.45, 7) is 0. The highest BCUT2D eigenvalue weighted by Gasteiger charge is 2.31. The van der Waals surface area contributed by atoms with E-state index in [1.54, 1.807) is 0 Å². The monoisotopic (exact) mass is 307 g/mol. The first-order chi connectivity index (χ1) is 9.26. The second-order valence-electron chi connectivity index (χ2n) is 3.61. The second kappa shape index (κ2) is 5.04. The minimum Gasteiger partial charge on any atom is -0.406 e. The Kier molecular flexibility index (Phi) is 3.57. The Balaban J connectivity index is 2.17. The van der Waals surface area contributed by atoms with Crippen molar-refractivity contribution in [2.75, 3.05) is 4.72 Å². The molecule has 10 heteroatoms. The fourth-order valence-electron chi connectivity index (χ4n) is 1.34. The van der Waals surface area contributed by atoms with E-state index in [9.17, 15) is 21.6 Å². The third-order valence-corrected chi connectivity index (χ3v) is 3.52. The van der Waals surface area contributed by atoms with E-state index in [-0.39, 0.29) is 10.6 Å². The van der Waals surface area contributed by atoms with Gasteiger partial charge in [0.25, 0.3) is 10.0 Å². The number of nitrogens with zero attached hydrogens (tertiary/aromatic N) is 1. The van der Waals surface area contributed by atoms with Gasteiger partial charge in [0, 0.05) is 6.20 Å². The molecule has 6 nitrogen and oxygen atoms in total. The first-order valence-electron chi connectivity index (χ1n) is 5.14. The molecule has 1 aromatic carbocycles. The maximum atomic E-state index is 12.0. The van der Waals surface area contributed by atoms with E-state index >= 15 is 0 Å². The van der Waals surface area contributed by atoms with Crippen LogP contribution in [0.2, 0.25) is 0 Å². The summed E-state index contributed by atoms with van der Waals surface area (Å²) < 4.78 is 65.5. The van der Waals surface area contributed by atoms with Crippen LogP contribution >= 0.6 is 0 Å². The molecular weight excluding hydrogens is 299 g/mol. The van der Waals surface area contributed by atoms with Gasteiger partial charge in [-0.05, 0) is 24.3 Å². The molecule has 0 unspecified atom stereocenters. The molecule has 0 atom stereocenters. The van der Waals surface area contributed by atoms with Gasteiger partial charge in [-0.1, -0.05) is 0 Å². The summed E-state index contributed by atoms with van der Waals surface area (Å²) in [5.74, 6) is -0.500. The molecule has 0 bridgehead atoms. The summed E-state index contributed by atoms with van der Waals surface area (Å²) in [5, 5.41) is 5.97. The van der Waals surface area contributed by atoms with Crippen molar-refractivity contribution in [2.24, 2.45) is 0 Å². The van der Waals surface area contributed by atoms with Crippen molar-refractivity contribution < 1.29 is 26.3 Å². The molecule has 2 rings (SSSR count). The number of anilines is 1. The Morgan fingerprint density at radius 1 is 1.20 bits per heavy atom. The van der Waals surface area contributed by atoms with Crippen LogP contribution in [0.25, 0.3) is 0 Å². The molecule has 0 aliphatic carbocycles. The Morgan fingerprint density at radius 3 is 2.35 bits per heavy atom. The van der Waals surface area contributed by atoms with Gasteiger partial charge in [-0.3, -0.25) is 9.82 Å². The minimum atomic E-state index is -4.82. The number of halogens is 3. The zero-order chi connectivity index (χ0) is 14.8. The quantitative estimate of drug-likeness (QED) is 0.906. The number of hydrogen-bond acceptors (Lipinski definition) is 4. The van der Waals surface area contributed by atoms with Gasteiger partial charge < -0.3 is 4.74 Å². The zero-order valence-corrected chi connectivity index (χ0v) is 10.5. The van der Waals surface area contributed by atoms with E-state index in [0.717, 1.165) is 24.3 Å². The number of aromatic nitrogens is 2. The topological polar surface area (TPSA) is 84.1 Å². The van der Waals surface area contributed by atoms with Gasteiger partial charge in [0.2, 0.25) is 0 Å². The van der Waals surface area contributed by atoms with Gasteiger partial charge in [0.1, 0.15) is 5.75 Å². The number of H-pyrrole nitrogens is 1.